The van der Waals surface area contributed by atoms with Crippen molar-refractivity contribution >= 4 is 12.0 Å². The van der Waals surface area contributed by atoms with Crippen molar-refractivity contribution in [3.63, 3.8) is 0 Å². The molecule has 0 aliphatic heterocycles. The standard InChI is InChI=1S/C13H12F2N2O3/c1-2-19-12(18)11-7-20-13(17-11)16-6-8-3-4-9(14)10(15)5-8/h3-5,7H,2,6H2,1H3,(H,16,17). The fourth-order valence-electron chi connectivity index (χ4n) is 1.48. The summed E-state index contributed by atoms with van der Waals surface area (Å²) >= 11 is 0. The number of esters is 1. The van der Waals surface area contributed by atoms with Crippen molar-refractivity contribution in [2.24, 2.45) is 0 Å². The second kappa shape index (κ2) is 6.14. The van der Waals surface area contributed by atoms with Gasteiger partial charge in [0.2, 0.25) is 0 Å². The van der Waals surface area contributed by atoms with Gasteiger partial charge in [0, 0.05) is 6.54 Å². The molecule has 2 aromatic rings. The number of hydrogen-bond acceptors (Lipinski definition) is 5. The molecule has 0 unspecified atom stereocenters. The number of carbonyl (C=O) groups is 1. The highest BCUT2D eigenvalue weighted by molar-refractivity contribution is 5.87. The molecule has 7 heteroatoms. The van der Waals surface area contributed by atoms with Crippen molar-refractivity contribution in [2.45, 2.75) is 13.5 Å². The highest BCUT2D eigenvalue weighted by Gasteiger charge is 2.13. The Kier molecular flexibility index (Phi) is 4.29. The number of halogens is 2. The van der Waals surface area contributed by atoms with Crippen molar-refractivity contribution in [3.05, 3.63) is 47.4 Å². The second-order valence-corrected chi connectivity index (χ2v) is 3.86. The van der Waals surface area contributed by atoms with E-state index in [9.17, 15) is 13.6 Å². The van der Waals surface area contributed by atoms with E-state index in [1.165, 1.54) is 6.07 Å². The van der Waals surface area contributed by atoms with Crippen LogP contribution < -0.4 is 5.32 Å². The number of nitrogens with one attached hydrogen (secondary N) is 1. The minimum Gasteiger partial charge on any atom is -0.461 e. The third kappa shape index (κ3) is 3.31. The van der Waals surface area contributed by atoms with Gasteiger partial charge in [-0.05, 0) is 24.6 Å². The van der Waals surface area contributed by atoms with Crippen LogP contribution in [-0.4, -0.2) is 17.6 Å². The molecule has 0 fully saturated rings. The number of ether oxygens (including phenoxy) is 1. The van der Waals surface area contributed by atoms with Crippen LogP contribution in [0.5, 0.6) is 0 Å². The Balaban J connectivity index is 1.97. The topological polar surface area (TPSA) is 64.4 Å². The number of rotatable bonds is 5. The Bertz CT molecular complexity index is 613. The molecule has 106 valence electrons. The Morgan fingerprint density at radius 2 is 2.20 bits per heavy atom. The maximum atomic E-state index is 13.0. The van der Waals surface area contributed by atoms with Crippen LogP contribution >= 0.6 is 0 Å². The van der Waals surface area contributed by atoms with E-state index in [4.69, 9.17) is 9.15 Å². The molecule has 0 atom stereocenters. The van der Waals surface area contributed by atoms with Gasteiger partial charge in [0.25, 0.3) is 6.01 Å². The predicted octanol–water partition coefficient (Wildman–Crippen LogP) is 2.74. The van der Waals surface area contributed by atoms with Crippen molar-refractivity contribution < 1.29 is 22.7 Å². The monoisotopic (exact) mass is 282 g/mol. The van der Waals surface area contributed by atoms with Gasteiger partial charge in [0.1, 0.15) is 6.26 Å². The number of hydrogen-bond donors (Lipinski definition) is 1. The van der Waals surface area contributed by atoms with Crippen molar-refractivity contribution in [2.75, 3.05) is 11.9 Å². The lowest BCUT2D eigenvalue weighted by atomic mass is 10.2. The number of oxazole rings is 1. The van der Waals surface area contributed by atoms with Crippen molar-refractivity contribution in [1.29, 1.82) is 0 Å². The van der Waals surface area contributed by atoms with Gasteiger partial charge >= 0.3 is 5.97 Å². The summed E-state index contributed by atoms with van der Waals surface area (Å²) in [4.78, 5) is 15.2. The first kappa shape index (κ1) is 14.0. The molecule has 0 radical (unpaired) electrons. The van der Waals surface area contributed by atoms with Crippen LogP contribution in [-0.2, 0) is 11.3 Å². The molecule has 2 rings (SSSR count). The quantitative estimate of drug-likeness (QED) is 0.854. The van der Waals surface area contributed by atoms with Gasteiger partial charge in [-0.3, -0.25) is 0 Å². The molecule has 20 heavy (non-hydrogen) atoms. The maximum Gasteiger partial charge on any atom is 0.360 e. The van der Waals surface area contributed by atoms with Gasteiger partial charge in [-0.25, -0.2) is 13.6 Å². The Morgan fingerprint density at radius 1 is 1.40 bits per heavy atom. The molecular weight excluding hydrogens is 270 g/mol. The van der Waals surface area contributed by atoms with E-state index in [1.54, 1.807) is 6.92 Å². The Morgan fingerprint density at radius 3 is 2.90 bits per heavy atom. The van der Waals surface area contributed by atoms with Gasteiger partial charge in [-0.2, -0.15) is 4.98 Å². The van der Waals surface area contributed by atoms with Crippen LogP contribution in [0.2, 0.25) is 0 Å². The normalized spacial score (nSPS) is 10.3. The SMILES string of the molecule is CCOC(=O)c1coc(NCc2ccc(F)c(F)c2)n1. The van der Waals surface area contributed by atoms with Crippen molar-refractivity contribution in [1.82, 2.24) is 4.98 Å². The zero-order valence-electron chi connectivity index (χ0n) is 10.7. The molecule has 0 saturated heterocycles. The van der Waals surface area contributed by atoms with E-state index < -0.39 is 17.6 Å². The minimum absolute atomic E-state index is 0.0413. The van der Waals surface area contributed by atoms with Gasteiger partial charge in [-0.15, -0.1) is 0 Å². The Hall–Kier alpha value is -2.44. The summed E-state index contributed by atoms with van der Waals surface area (Å²) in [5, 5.41) is 2.75. The van der Waals surface area contributed by atoms with Crippen LogP contribution in [0.3, 0.4) is 0 Å². The summed E-state index contributed by atoms with van der Waals surface area (Å²) < 4.78 is 35.5. The highest BCUT2D eigenvalue weighted by atomic mass is 19.2. The molecule has 0 amide bonds. The van der Waals surface area contributed by atoms with Crippen LogP contribution in [0.4, 0.5) is 14.8 Å². The average Bonchev–Trinajstić information content (AvgIpc) is 2.89. The summed E-state index contributed by atoms with van der Waals surface area (Å²) in [6.07, 6.45) is 1.16. The van der Waals surface area contributed by atoms with Gasteiger partial charge < -0.3 is 14.5 Å². The lowest BCUT2D eigenvalue weighted by Crippen LogP contribution is -2.06. The number of aromatic nitrogens is 1. The van der Waals surface area contributed by atoms with Crippen LogP contribution in [0.25, 0.3) is 0 Å². The van der Waals surface area contributed by atoms with Gasteiger partial charge in [0.05, 0.1) is 6.61 Å². The predicted molar refractivity (Wildman–Crippen MR) is 66.1 cm³/mol. The summed E-state index contributed by atoms with van der Waals surface area (Å²) in [6.45, 7) is 2.10. The molecular formula is C13H12F2N2O3. The lowest BCUT2D eigenvalue weighted by Gasteiger charge is -2.02. The fraction of sp³-hybridized carbons (Fsp3) is 0.231. The van der Waals surface area contributed by atoms with E-state index in [0.29, 0.717) is 5.56 Å². The first-order valence-corrected chi connectivity index (χ1v) is 5.90. The first-order chi connectivity index (χ1) is 9.60. The third-order valence-electron chi connectivity index (χ3n) is 2.42. The number of benzene rings is 1. The molecule has 1 N–H and O–H groups in total. The van der Waals surface area contributed by atoms with E-state index in [0.717, 1.165) is 18.4 Å². The zero-order chi connectivity index (χ0) is 14.5. The number of anilines is 1. The second-order valence-electron chi connectivity index (χ2n) is 3.86. The first-order valence-electron chi connectivity index (χ1n) is 5.90. The van der Waals surface area contributed by atoms with E-state index in [2.05, 4.69) is 10.3 Å². The van der Waals surface area contributed by atoms with Crippen LogP contribution in [0.15, 0.2) is 28.9 Å². The molecule has 0 saturated carbocycles. The third-order valence-corrected chi connectivity index (χ3v) is 2.42. The maximum absolute atomic E-state index is 13.0. The molecule has 0 spiro atoms. The van der Waals surface area contributed by atoms with Crippen LogP contribution in [0.1, 0.15) is 23.0 Å². The smallest absolute Gasteiger partial charge is 0.360 e. The average molecular weight is 282 g/mol. The number of carbonyl (C=O) groups excluding carboxylic acids is 1. The fourth-order valence-corrected chi connectivity index (χ4v) is 1.48. The molecule has 1 aromatic heterocycles. The summed E-state index contributed by atoms with van der Waals surface area (Å²) in [6, 6.07) is 3.63. The van der Waals surface area contributed by atoms with E-state index in [1.807, 2.05) is 0 Å². The van der Waals surface area contributed by atoms with E-state index >= 15 is 0 Å². The molecule has 5 nitrogen and oxygen atoms in total. The summed E-state index contributed by atoms with van der Waals surface area (Å²) in [5.74, 6) is -2.42. The molecule has 0 aliphatic carbocycles. The highest BCUT2D eigenvalue weighted by Crippen LogP contribution is 2.12. The molecule has 1 heterocycles. The Labute approximate surface area is 113 Å². The molecule has 1 aromatic carbocycles. The van der Waals surface area contributed by atoms with Crippen molar-refractivity contribution in [3.8, 4) is 0 Å². The minimum atomic E-state index is -0.927. The lowest BCUT2D eigenvalue weighted by molar-refractivity contribution is 0.0519. The summed E-state index contributed by atoms with van der Waals surface area (Å²) in [7, 11) is 0. The zero-order valence-corrected chi connectivity index (χ0v) is 10.7. The number of nitrogens with zero attached hydrogens (tertiary/aromatic N) is 1. The molecule has 0 bridgehead atoms. The summed E-state index contributed by atoms with van der Waals surface area (Å²) in [5.41, 5.74) is 0.555. The largest absolute Gasteiger partial charge is 0.461 e. The van der Waals surface area contributed by atoms with E-state index in [-0.39, 0.29) is 24.9 Å². The molecule has 0 aliphatic rings. The van der Waals surface area contributed by atoms with Gasteiger partial charge in [-0.1, -0.05) is 6.07 Å². The van der Waals surface area contributed by atoms with Gasteiger partial charge in [0.15, 0.2) is 17.3 Å². The van der Waals surface area contributed by atoms with Crippen LogP contribution in [0, 0.1) is 11.6 Å².